The number of nitrogens with one attached hydrogen (secondary N) is 2. The van der Waals surface area contributed by atoms with E-state index in [1.54, 1.807) is 0 Å². The fraction of sp³-hybridized carbons (Fsp3) is 0.647. The molecule has 0 spiro atoms. The first kappa shape index (κ1) is 25.4. The summed E-state index contributed by atoms with van der Waals surface area (Å²) in [5.74, 6) is -3.29. The number of nitrogens with zero attached hydrogens (tertiary/aromatic N) is 1. The summed E-state index contributed by atoms with van der Waals surface area (Å²) in [6.07, 6.45) is -0.147. The third kappa shape index (κ3) is 7.63. The maximum atomic E-state index is 12.4. The van der Waals surface area contributed by atoms with Crippen molar-refractivity contribution in [1.82, 2.24) is 15.5 Å². The number of hydrogen-bond donors (Lipinski definition) is 3. The molecule has 12 nitrogen and oxygen atoms in total. The van der Waals surface area contributed by atoms with Crippen LogP contribution < -0.4 is 16.4 Å². The maximum absolute atomic E-state index is 12.4. The van der Waals surface area contributed by atoms with Crippen LogP contribution in [-0.4, -0.2) is 91.4 Å². The Bertz CT molecular complexity index is 701. The number of amides is 4. The minimum absolute atomic E-state index is 0.00156. The summed E-state index contributed by atoms with van der Waals surface area (Å²) in [7, 11) is 3.71. The van der Waals surface area contributed by atoms with Crippen molar-refractivity contribution in [3.63, 3.8) is 0 Å². The summed E-state index contributed by atoms with van der Waals surface area (Å²) < 4.78 is 8.93. The zero-order valence-electron chi connectivity index (χ0n) is 17.0. The molecule has 0 aromatic rings. The van der Waals surface area contributed by atoms with E-state index in [1.165, 1.54) is 14.2 Å². The van der Waals surface area contributed by atoms with E-state index in [0.717, 1.165) is 23.8 Å². The van der Waals surface area contributed by atoms with Crippen molar-refractivity contribution in [2.75, 3.05) is 33.6 Å². The number of carbonyl (C=O) groups excluding carboxylic acids is 6. The highest BCUT2D eigenvalue weighted by Crippen LogP contribution is 2.24. The Labute approximate surface area is 177 Å². The highest BCUT2D eigenvalue weighted by molar-refractivity contribution is 8.00. The van der Waals surface area contributed by atoms with Gasteiger partial charge in [-0.15, -0.1) is 11.8 Å². The highest BCUT2D eigenvalue weighted by atomic mass is 32.2. The zero-order chi connectivity index (χ0) is 22.8. The number of esters is 2. The summed E-state index contributed by atoms with van der Waals surface area (Å²) in [5, 5.41) is 4.16. The number of methoxy groups -OCH3 is 2. The van der Waals surface area contributed by atoms with Crippen molar-refractivity contribution in [2.45, 2.75) is 36.6 Å². The van der Waals surface area contributed by atoms with Gasteiger partial charge in [0.05, 0.1) is 19.5 Å². The van der Waals surface area contributed by atoms with Crippen molar-refractivity contribution < 1.29 is 38.2 Å². The number of thioether (sulfide) groups is 1. The predicted molar refractivity (Wildman–Crippen MR) is 105 cm³/mol. The van der Waals surface area contributed by atoms with Gasteiger partial charge in [0, 0.05) is 25.6 Å². The number of hydrogen-bond acceptors (Lipinski definition) is 10. The van der Waals surface area contributed by atoms with Gasteiger partial charge in [-0.05, 0) is 6.42 Å². The fourth-order valence-corrected chi connectivity index (χ4v) is 3.64. The van der Waals surface area contributed by atoms with Crippen LogP contribution in [0.5, 0.6) is 0 Å². The summed E-state index contributed by atoms with van der Waals surface area (Å²) in [6, 6.07) is -2.07. The standard InChI is InChI=1S/C17H26N4O8S/c1-21-13(23)6-11(16(21)26)30-8-10(15(25)19-7-14(24)28-2)20-12(22)5-4-9(18)17(27)29-3/h9-11H,4-8,18H2,1-3H3,(H,19,25)(H,20,22)/t9-,10-,11?/m0/s1. The Morgan fingerprint density at radius 3 is 2.43 bits per heavy atom. The topological polar surface area (TPSA) is 174 Å². The van der Waals surface area contributed by atoms with Crippen LogP contribution in [-0.2, 0) is 38.2 Å². The van der Waals surface area contributed by atoms with Gasteiger partial charge in [-0.25, -0.2) is 0 Å². The molecule has 1 saturated heterocycles. The van der Waals surface area contributed by atoms with Gasteiger partial charge >= 0.3 is 11.9 Å². The molecular formula is C17H26N4O8S. The van der Waals surface area contributed by atoms with Crippen LogP contribution in [0.4, 0.5) is 0 Å². The number of ether oxygens (including phenoxy) is 2. The van der Waals surface area contributed by atoms with E-state index in [9.17, 15) is 28.8 Å². The van der Waals surface area contributed by atoms with Gasteiger partial charge in [-0.1, -0.05) is 0 Å². The SMILES string of the molecule is COC(=O)CNC(=O)[C@H](CSC1CC(=O)N(C)C1=O)NC(=O)CC[C@H](N)C(=O)OC. The summed E-state index contributed by atoms with van der Waals surface area (Å²) in [5.41, 5.74) is 5.58. The molecule has 1 aliphatic heterocycles. The Morgan fingerprint density at radius 2 is 1.90 bits per heavy atom. The molecule has 30 heavy (non-hydrogen) atoms. The quantitative estimate of drug-likeness (QED) is 0.228. The molecule has 0 bridgehead atoms. The minimum Gasteiger partial charge on any atom is -0.468 e. The first-order chi connectivity index (χ1) is 14.1. The molecule has 0 aliphatic carbocycles. The molecule has 1 unspecified atom stereocenters. The molecule has 0 aromatic carbocycles. The van der Waals surface area contributed by atoms with Crippen molar-refractivity contribution in [3.05, 3.63) is 0 Å². The fourth-order valence-electron chi connectivity index (χ4n) is 2.42. The van der Waals surface area contributed by atoms with Gasteiger partial charge in [-0.2, -0.15) is 0 Å². The average molecular weight is 446 g/mol. The Morgan fingerprint density at radius 1 is 1.23 bits per heavy atom. The van der Waals surface area contributed by atoms with Crippen LogP contribution in [0, 0.1) is 0 Å². The smallest absolute Gasteiger partial charge is 0.325 e. The predicted octanol–water partition coefficient (Wildman–Crippen LogP) is -2.47. The summed E-state index contributed by atoms with van der Waals surface area (Å²) >= 11 is 1.05. The molecule has 3 atom stereocenters. The lowest BCUT2D eigenvalue weighted by Crippen LogP contribution is -2.50. The minimum atomic E-state index is -1.09. The number of carbonyl (C=O) groups is 6. The van der Waals surface area contributed by atoms with Gasteiger partial charge < -0.3 is 25.8 Å². The van der Waals surface area contributed by atoms with Crippen LogP contribution in [0.15, 0.2) is 0 Å². The molecule has 1 fully saturated rings. The number of nitrogens with two attached hydrogens (primary N) is 1. The average Bonchev–Trinajstić information content (AvgIpc) is 2.98. The van der Waals surface area contributed by atoms with Crippen molar-refractivity contribution in [2.24, 2.45) is 5.73 Å². The van der Waals surface area contributed by atoms with E-state index in [1.807, 2.05) is 0 Å². The van der Waals surface area contributed by atoms with Gasteiger partial charge in [-0.3, -0.25) is 33.7 Å². The molecule has 0 saturated carbocycles. The molecule has 0 aromatic heterocycles. The Balaban J connectivity index is 2.69. The number of imide groups is 1. The van der Waals surface area contributed by atoms with E-state index in [2.05, 4.69) is 20.1 Å². The molecule has 4 N–H and O–H groups in total. The van der Waals surface area contributed by atoms with Crippen LogP contribution >= 0.6 is 11.8 Å². The van der Waals surface area contributed by atoms with Crippen LogP contribution in [0.1, 0.15) is 19.3 Å². The van der Waals surface area contributed by atoms with Crippen LogP contribution in [0.2, 0.25) is 0 Å². The third-order valence-corrected chi connectivity index (χ3v) is 5.57. The summed E-state index contributed by atoms with van der Waals surface area (Å²) in [6.45, 7) is -0.400. The molecule has 1 rings (SSSR count). The Kier molecular flexibility index (Phi) is 10.3. The monoisotopic (exact) mass is 446 g/mol. The maximum Gasteiger partial charge on any atom is 0.325 e. The normalized spacial score (nSPS) is 17.9. The van der Waals surface area contributed by atoms with E-state index >= 15 is 0 Å². The van der Waals surface area contributed by atoms with E-state index < -0.39 is 47.6 Å². The molecule has 1 aliphatic rings. The number of likely N-dealkylation sites (tertiary alicyclic amines) is 1. The second-order valence-electron chi connectivity index (χ2n) is 6.40. The molecule has 4 amide bonds. The Hall–Kier alpha value is -2.67. The lowest BCUT2D eigenvalue weighted by molar-refractivity contribution is -0.142. The highest BCUT2D eigenvalue weighted by Gasteiger charge is 2.37. The molecule has 1 heterocycles. The first-order valence-corrected chi connectivity index (χ1v) is 10.0. The first-order valence-electron chi connectivity index (χ1n) is 9.00. The van der Waals surface area contributed by atoms with Crippen molar-refractivity contribution in [1.29, 1.82) is 0 Å². The molecule has 0 radical (unpaired) electrons. The van der Waals surface area contributed by atoms with E-state index in [-0.39, 0.29) is 36.8 Å². The van der Waals surface area contributed by atoms with Gasteiger partial charge in [0.2, 0.25) is 23.6 Å². The lowest BCUT2D eigenvalue weighted by atomic mass is 10.1. The molecular weight excluding hydrogens is 420 g/mol. The van der Waals surface area contributed by atoms with Gasteiger partial charge in [0.25, 0.3) is 0 Å². The van der Waals surface area contributed by atoms with E-state index in [4.69, 9.17) is 5.73 Å². The van der Waals surface area contributed by atoms with Crippen molar-refractivity contribution in [3.8, 4) is 0 Å². The molecule has 168 valence electrons. The van der Waals surface area contributed by atoms with Gasteiger partial charge in [0.15, 0.2) is 0 Å². The van der Waals surface area contributed by atoms with Crippen LogP contribution in [0.25, 0.3) is 0 Å². The second kappa shape index (κ2) is 12.1. The number of rotatable bonds is 11. The summed E-state index contributed by atoms with van der Waals surface area (Å²) in [4.78, 5) is 71.8. The largest absolute Gasteiger partial charge is 0.468 e. The zero-order valence-corrected chi connectivity index (χ0v) is 17.8. The molecule has 13 heteroatoms. The van der Waals surface area contributed by atoms with Crippen LogP contribution in [0.3, 0.4) is 0 Å². The van der Waals surface area contributed by atoms with Gasteiger partial charge in [0.1, 0.15) is 18.6 Å². The lowest BCUT2D eigenvalue weighted by Gasteiger charge is -2.19. The second-order valence-corrected chi connectivity index (χ2v) is 7.64. The van der Waals surface area contributed by atoms with Crippen molar-refractivity contribution >= 4 is 47.3 Å². The third-order valence-electron chi connectivity index (χ3n) is 4.28. The van der Waals surface area contributed by atoms with E-state index in [0.29, 0.717) is 0 Å².